The Morgan fingerprint density at radius 3 is 2.70 bits per heavy atom. The highest BCUT2D eigenvalue weighted by Gasteiger charge is 2.21. The van der Waals surface area contributed by atoms with Crippen molar-refractivity contribution in [2.45, 2.75) is 20.3 Å². The zero-order valence-corrected chi connectivity index (χ0v) is 8.11. The molecule has 0 N–H and O–H groups in total. The summed E-state index contributed by atoms with van der Waals surface area (Å²) in [5.74, 6) is 0. The summed E-state index contributed by atoms with van der Waals surface area (Å²) in [4.78, 5) is 0. The summed E-state index contributed by atoms with van der Waals surface area (Å²) in [6, 6.07) is 0. The van der Waals surface area contributed by atoms with Gasteiger partial charge in [0, 0.05) is 5.33 Å². The molecular formula is C9H13Br. The predicted molar refractivity (Wildman–Crippen MR) is 49.4 cm³/mol. The van der Waals surface area contributed by atoms with Crippen LogP contribution in [0.5, 0.6) is 0 Å². The van der Waals surface area contributed by atoms with Crippen LogP contribution in [0.1, 0.15) is 20.3 Å². The zero-order chi connectivity index (χ0) is 7.61. The van der Waals surface area contributed by atoms with E-state index in [1.54, 1.807) is 0 Å². The number of alkyl halides is 1. The molecule has 0 atom stereocenters. The fourth-order valence-corrected chi connectivity index (χ4v) is 2.07. The molecule has 0 saturated carbocycles. The van der Waals surface area contributed by atoms with E-state index >= 15 is 0 Å². The first kappa shape index (κ1) is 8.06. The van der Waals surface area contributed by atoms with Gasteiger partial charge in [-0.25, -0.2) is 0 Å². The Morgan fingerprint density at radius 1 is 1.60 bits per heavy atom. The molecule has 0 aromatic rings. The molecule has 0 aromatic heterocycles. The van der Waals surface area contributed by atoms with Crippen molar-refractivity contribution in [2.75, 3.05) is 5.33 Å². The summed E-state index contributed by atoms with van der Waals surface area (Å²) in [7, 11) is 0. The van der Waals surface area contributed by atoms with Crippen LogP contribution in [-0.2, 0) is 0 Å². The largest absolute Gasteiger partial charge is 0.0880 e. The number of halogens is 1. The van der Waals surface area contributed by atoms with Crippen molar-refractivity contribution >= 4 is 15.9 Å². The lowest BCUT2D eigenvalue weighted by molar-refractivity contribution is 0.451. The standard InChI is InChI=1S/C9H13Br/c1-9(2)6-4-3-5-8(9)7-10/h3-5H,6-7H2,1-2H3. The first-order valence-electron chi connectivity index (χ1n) is 3.59. The van der Waals surface area contributed by atoms with Crippen LogP contribution in [0.15, 0.2) is 23.8 Å². The highest BCUT2D eigenvalue weighted by Crippen LogP contribution is 2.34. The fraction of sp³-hybridized carbons (Fsp3) is 0.556. The van der Waals surface area contributed by atoms with Crippen LogP contribution < -0.4 is 0 Å². The fourth-order valence-electron chi connectivity index (χ4n) is 1.13. The van der Waals surface area contributed by atoms with Gasteiger partial charge in [0.2, 0.25) is 0 Å². The Morgan fingerprint density at radius 2 is 2.30 bits per heavy atom. The van der Waals surface area contributed by atoms with Gasteiger partial charge in [-0.2, -0.15) is 0 Å². The summed E-state index contributed by atoms with van der Waals surface area (Å²) < 4.78 is 0. The van der Waals surface area contributed by atoms with Crippen LogP contribution in [0.4, 0.5) is 0 Å². The molecule has 56 valence electrons. The van der Waals surface area contributed by atoms with E-state index in [0.29, 0.717) is 5.41 Å². The molecule has 1 aliphatic carbocycles. The third-order valence-electron chi connectivity index (χ3n) is 2.07. The lowest BCUT2D eigenvalue weighted by Gasteiger charge is -2.27. The second-order valence-electron chi connectivity index (χ2n) is 3.34. The van der Waals surface area contributed by atoms with Gasteiger partial charge in [-0.3, -0.25) is 0 Å². The van der Waals surface area contributed by atoms with Gasteiger partial charge < -0.3 is 0 Å². The molecule has 0 heterocycles. The van der Waals surface area contributed by atoms with Gasteiger partial charge in [0.25, 0.3) is 0 Å². The summed E-state index contributed by atoms with van der Waals surface area (Å²) >= 11 is 3.48. The van der Waals surface area contributed by atoms with E-state index in [1.807, 2.05) is 0 Å². The minimum atomic E-state index is 0.373. The second-order valence-corrected chi connectivity index (χ2v) is 3.90. The quantitative estimate of drug-likeness (QED) is 0.571. The van der Waals surface area contributed by atoms with Gasteiger partial charge in [-0.15, -0.1) is 0 Å². The Kier molecular flexibility index (Phi) is 2.35. The maximum Gasteiger partial charge on any atom is 0.0250 e. The molecule has 0 saturated heterocycles. The van der Waals surface area contributed by atoms with Gasteiger partial charge in [0.05, 0.1) is 0 Å². The smallest absolute Gasteiger partial charge is 0.0250 e. The molecule has 0 fully saturated rings. The first-order valence-corrected chi connectivity index (χ1v) is 4.71. The maximum atomic E-state index is 3.48. The molecule has 0 bridgehead atoms. The van der Waals surface area contributed by atoms with Crippen LogP contribution in [0, 0.1) is 5.41 Å². The minimum Gasteiger partial charge on any atom is -0.0880 e. The van der Waals surface area contributed by atoms with Gasteiger partial charge in [0.1, 0.15) is 0 Å². The molecule has 1 rings (SSSR count). The third-order valence-corrected chi connectivity index (χ3v) is 2.68. The Balaban J connectivity index is 2.81. The molecule has 0 spiro atoms. The number of rotatable bonds is 1. The summed E-state index contributed by atoms with van der Waals surface area (Å²) in [5.41, 5.74) is 1.87. The monoisotopic (exact) mass is 200 g/mol. The Bertz CT molecular complexity index is 175. The number of hydrogen-bond donors (Lipinski definition) is 0. The van der Waals surface area contributed by atoms with Gasteiger partial charge in [0.15, 0.2) is 0 Å². The van der Waals surface area contributed by atoms with Crippen molar-refractivity contribution in [3.05, 3.63) is 23.8 Å². The van der Waals surface area contributed by atoms with E-state index in [1.165, 1.54) is 12.0 Å². The van der Waals surface area contributed by atoms with Gasteiger partial charge >= 0.3 is 0 Å². The Hall–Kier alpha value is -0.0400. The lowest BCUT2D eigenvalue weighted by atomic mass is 9.79. The van der Waals surface area contributed by atoms with E-state index in [2.05, 4.69) is 48.0 Å². The maximum absolute atomic E-state index is 3.48. The number of allylic oxidation sites excluding steroid dienone is 4. The summed E-state index contributed by atoms with van der Waals surface area (Å²) in [5, 5.41) is 1.00. The predicted octanol–water partition coefficient (Wildman–Crippen LogP) is 3.29. The molecule has 0 aliphatic heterocycles. The van der Waals surface area contributed by atoms with Crippen LogP contribution in [0.3, 0.4) is 0 Å². The van der Waals surface area contributed by atoms with Crippen molar-refractivity contribution < 1.29 is 0 Å². The molecule has 0 nitrogen and oxygen atoms in total. The van der Waals surface area contributed by atoms with Crippen LogP contribution >= 0.6 is 15.9 Å². The average molecular weight is 201 g/mol. The zero-order valence-electron chi connectivity index (χ0n) is 6.52. The third kappa shape index (κ3) is 1.51. The highest BCUT2D eigenvalue weighted by molar-refractivity contribution is 9.09. The van der Waals surface area contributed by atoms with Crippen molar-refractivity contribution in [1.82, 2.24) is 0 Å². The molecule has 1 heteroatoms. The molecule has 10 heavy (non-hydrogen) atoms. The topological polar surface area (TPSA) is 0 Å². The highest BCUT2D eigenvalue weighted by atomic mass is 79.9. The minimum absolute atomic E-state index is 0.373. The summed E-state index contributed by atoms with van der Waals surface area (Å²) in [6.07, 6.45) is 7.75. The summed E-state index contributed by atoms with van der Waals surface area (Å²) in [6.45, 7) is 4.56. The number of hydrogen-bond acceptors (Lipinski definition) is 0. The van der Waals surface area contributed by atoms with Crippen molar-refractivity contribution in [3.8, 4) is 0 Å². The van der Waals surface area contributed by atoms with E-state index < -0.39 is 0 Å². The molecular weight excluding hydrogens is 188 g/mol. The second kappa shape index (κ2) is 2.91. The van der Waals surface area contributed by atoms with Gasteiger partial charge in [-0.1, -0.05) is 53.6 Å². The van der Waals surface area contributed by atoms with Crippen molar-refractivity contribution in [1.29, 1.82) is 0 Å². The Labute approximate surface area is 71.1 Å². The van der Waals surface area contributed by atoms with E-state index in [4.69, 9.17) is 0 Å². The van der Waals surface area contributed by atoms with Crippen molar-refractivity contribution in [3.63, 3.8) is 0 Å². The van der Waals surface area contributed by atoms with E-state index in [9.17, 15) is 0 Å². The SMILES string of the molecule is CC1(C)CC=CC=C1CBr. The molecule has 0 unspecified atom stereocenters. The first-order chi connectivity index (χ1) is 4.67. The molecule has 0 radical (unpaired) electrons. The molecule has 0 amide bonds. The van der Waals surface area contributed by atoms with Crippen LogP contribution in [0.2, 0.25) is 0 Å². The average Bonchev–Trinajstić information content (AvgIpc) is 1.87. The molecule has 0 aromatic carbocycles. The lowest BCUT2D eigenvalue weighted by Crippen LogP contribution is -2.16. The van der Waals surface area contributed by atoms with E-state index in [0.717, 1.165) is 5.33 Å². The van der Waals surface area contributed by atoms with E-state index in [-0.39, 0.29) is 0 Å². The normalized spacial score (nSPS) is 22.5. The van der Waals surface area contributed by atoms with Gasteiger partial charge in [-0.05, 0) is 11.8 Å². The van der Waals surface area contributed by atoms with Crippen LogP contribution in [-0.4, -0.2) is 5.33 Å². The van der Waals surface area contributed by atoms with Crippen molar-refractivity contribution in [2.24, 2.45) is 5.41 Å². The van der Waals surface area contributed by atoms with Crippen LogP contribution in [0.25, 0.3) is 0 Å². The molecule has 1 aliphatic rings.